The molecule has 200 valence electrons. The minimum atomic E-state index is -0.196. The number of ether oxygens (including phenoxy) is 1. The summed E-state index contributed by atoms with van der Waals surface area (Å²) in [6, 6.07) is 20.0. The van der Waals surface area contributed by atoms with Crippen molar-refractivity contribution >= 4 is 45.9 Å². The molecule has 0 saturated carbocycles. The lowest BCUT2D eigenvalue weighted by Gasteiger charge is -2.09. The van der Waals surface area contributed by atoms with Gasteiger partial charge in [-0.2, -0.15) is 14.6 Å². The van der Waals surface area contributed by atoms with E-state index in [0.717, 1.165) is 51.5 Å². The Morgan fingerprint density at radius 1 is 1.02 bits per heavy atom. The molecule has 0 N–H and O–H groups in total. The number of para-hydroxylation sites is 1. The molecular weight excluding hydrogens is 539 g/mol. The van der Waals surface area contributed by atoms with Crippen LogP contribution in [-0.2, 0) is 0 Å². The summed E-state index contributed by atoms with van der Waals surface area (Å²) in [7, 11) is 0. The van der Waals surface area contributed by atoms with E-state index >= 15 is 0 Å². The second kappa shape index (κ2) is 11.4. The average molecular weight is 566 g/mol. The van der Waals surface area contributed by atoms with Gasteiger partial charge in [-0.1, -0.05) is 48.9 Å². The Bertz CT molecular complexity index is 1900. The van der Waals surface area contributed by atoms with Crippen LogP contribution >= 0.6 is 22.7 Å². The van der Waals surface area contributed by atoms with Crippen LogP contribution in [0.5, 0.6) is 5.75 Å². The summed E-state index contributed by atoms with van der Waals surface area (Å²) >= 11 is 2.96. The van der Waals surface area contributed by atoms with E-state index in [1.807, 2.05) is 95.2 Å². The topological polar surface area (TPSA) is 74.3 Å². The number of aromatic nitrogens is 5. The van der Waals surface area contributed by atoms with Gasteiger partial charge in [0.2, 0.25) is 4.96 Å². The van der Waals surface area contributed by atoms with Gasteiger partial charge in [0.05, 0.1) is 16.8 Å². The highest BCUT2D eigenvalue weighted by molar-refractivity contribution is 7.15. The van der Waals surface area contributed by atoms with Gasteiger partial charge in [-0.15, -0.1) is 16.4 Å². The molecule has 9 heteroatoms. The van der Waals surface area contributed by atoms with Gasteiger partial charge in [0.1, 0.15) is 11.4 Å². The van der Waals surface area contributed by atoms with Crippen LogP contribution in [0.3, 0.4) is 0 Å². The summed E-state index contributed by atoms with van der Waals surface area (Å²) in [6.45, 7) is 4.90. The van der Waals surface area contributed by atoms with Gasteiger partial charge in [-0.25, -0.2) is 4.68 Å². The third-order valence-corrected chi connectivity index (χ3v) is 8.20. The maximum atomic E-state index is 13.3. The normalized spacial score (nSPS) is 12.2. The lowest BCUT2D eigenvalue weighted by Crippen LogP contribution is -2.23. The summed E-state index contributed by atoms with van der Waals surface area (Å²) in [5, 5.41) is 11.4. The van der Waals surface area contributed by atoms with Crippen molar-refractivity contribution in [3.63, 3.8) is 0 Å². The lowest BCUT2D eigenvalue weighted by atomic mass is 10.0. The van der Waals surface area contributed by atoms with Crippen LogP contribution in [0.15, 0.2) is 77.0 Å². The zero-order chi connectivity index (χ0) is 27.5. The molecule has 2 aromatic carbocycles. The number of benzene rings is 2. The molecule has 0 amide bonds. The fourth-order valence-electron chi connectivity index (χ4n) is 4.34. The zero-order valence-electron chi connectivity index (χ0n) is 22.2. The minimum absolute atomic E-state index is 0.196. The number of thiophene rings is 1. The number of hydrogen-bond acceptors (Lipinski definition) is 7. The summed E-state index contributed by atoms with van der Waals surface area (Å²) in [4.78, 5) is 19.5. The van der Waals surface area contributed by atoms with Gasteiger partial charge in [-0.05, 0) is 78.9 Å². The summed E-state index contributed by atoms with van der Waals surface area (Å²) < 4.78 is 9.69. The predicted octanol–water partition coefficient (Wildman–Crippen LogP) is 6.27. The number of fused-ring (bicyclic) bond motifs is 1. The van der Waals surface area contributed by atoms with E-state index in [4.69, 9.17) is 9.84 Å². The maximum absolute atomic E-state index is 13.3. The van der Waals surface area contributed by atoms with E-state index < -0.39 is 0 Å². The Kier molecular flexibility index (Phi) is 7.39. The highest BCUT2D eigenvalue weighted by Gasteiger charge is 2.16. The number of unbranched alkanes of at least 4 members (excludes halogenated alkanes) is 1. The van der Waals surface area contributed by atoms with E-state index in [2.05, 4.69) is 23.9 Å². The molecule has 0 bridgehead atoms. The van der Waals surface area contributed by atoms with Gasteiger partial charge in [0.15, 0.2) is 5.82 Å². The van der Waals surface area contributed by atoms with Gasteiger partial charge in [0, 0.05) is 22.2 Å². The van der Waals surface area contributed by atoms with Gasteiger partial charge in [0.25, 0.3) is 5.56 Å². The molecule has 40 heavy (non-hydrogen) atoms. The largest absolute Gasteiger partial charge is 0.494 e. The van der Waals surface area contributed by atoms with Crippen LogP contribution in [0.1, 0.15) is 41.6 Å². The van der Waals surface area contributed by atoms with Crippen LogP contribution in [-0.4, -0.2) is 31.0 Å². The van der Waals surface area contributed by atoms with E-state index in [1.54, 1.807) is 11.3 Å². The van der Waals surface area contributed by atoms with E-state index in [9.17, 15) is 4.79 Å². The van der Waals surface area contributed by atoms with Crippen LogP contribution < -0.4 is 14.8 Å². The first-order valence-electron chi connectivity index (χ1n) is 13.1. The Labute approximate surface area is 239 Å². The first-order chi connectivity index (χ1) is 19.6. The number of aryl methyl sites for hydroxylation is 1. The number of thiazole rings is 1. The Balaban J connectivity index is 1.40. The Hall–Kier alpha value is -4.34. The Morgan fingerprint density at radius 2 is 1.90 bits per heavy atom. The molecule has 6 aromatic rings. The van der Waals surface area contributed by atoms with E-state index in [1.165, 1.54) is 15.9 Å². The summed E-state index contributed by atoms with van der Waals surface area (Å²) in [6.07, 6.45) is 9.73. The van der Waals surface area contributed by atoms with Crippen molar-refractivity contribution in [2.45, 2.75) is 26.7 Å². The smallest absolute Gasteiger partial charge is 0.291 e. The fraction of sp³-hybridized carbons (Fsp3) is 0.161. The first-order valence-corrected chi connectivity index (χ1v) is 14.8. The Morgan fingerprint density at radius 3 is 2.65 bits per heavy atom. The van der Waals surface area contributed by atoms with Gasteiger partial charge >= 0.3 is 0 Å². The molecular formula is C31H27N5O2S2. The second-order valence-corrected chi connectivity index (χ2v) is 11.3. The molecule has 0 atom stereocenters. The van der Waals surface area contributed by atoms with Crippen molar-refractivity contribution in [1.29, 1.82) is 0 Å². The molecule has 7 nitrogen and oxygen atoms in total. The maximum Gasteiger partial charge on any atom is 0.291 e. The lowest BCUT2D eigenvalue weighted by molar-refractivity contribution is 0.309. The van der Waals surface area contributed by atoms with E-state index in [-0.39, 0.29) is 5.56 Å². The van der Waals surface area contributed by atoms with Crippen LogP contribution in [0, 0.1) is 6.92 Å². The molecule has 6 rings (SSSR count). The summed E-state index contributed by atoms with van der Waals surface area (Å²) in [5.41, 5.74) is 4.40. The monoisotopic (exact) mass is 565 g/mol. The highest BCUT2D eigenvalue weighted by Crippen LogP contribution is 2.30. The third kappa shape index (κ3) is 5.38. The van der Waals surface area contributed by atoms with Crippen molar-refractivity contribution in [2.75, 3.05) is 6.61 Å². The molecule has 0 radical (unpaired) electrons. The van der Waals surface area contributed by atoms with Crippen molar-refractivity contribution in [3.05, 3.63) is 109 Å². The third-order valence-electron chi connectivity index (χ3n) is 6.41. The molecule has 0 aliphatic heterocycles. The van der Waals surface area contributed by atoms with Gasteiger partial charge < -0.3 is 4.74 Å². The molecule has 0 saturated heterocycles. The highest BCUT2D eigenvalue weighted by atomic mass is 32.1. The minimum Gasteiger partial charge on any atom is -0.494 e. The first kappa shape index (κ1) is 25.9. The number of rotatable bonds is 9. The standard InChI is InChI=1S/C31H27N5O2S2/c1-3-4-16-38-24-12-14-26(21(2)18-24)29-22(20-35(34-29)23-9-6-5-7-10-23)19-27-30(37)36-31(40-27)32-28(33-36)15-13-25-11-8-17-39-25/h5-15,17-20H,3-4,16H2,1-2H3/b15-13+,27-19-. The number of hydrogen-bond donors (Lipinski definition) is 0. The van der Waals surface area contributed by atoms with Crippen LogP contribution in [0.4, 0.5) is 0 Å². The molecule has 0 aliphatic rings. The van der Waals surface area contributed by atoms with E-state index in [0.29, 0.717) is 21.9 Å². The van der Waals surface area contributed by atoms with Crippen LogP contribution in [0.25, 0.3) is 40.1 Å². The van der Waals surface area contributed by atoms with Crippen molar-refractivity contribution in [2.24, 2.45) is 0 Å². The van der Waals surface area contributed by atoms with Crippen LogP contribution in [0.2, 0.25) is 0 Å². The zero-order valence-corrected chi connectivity index (χ0v) is 23.8. The molecule has 4 aromatic heterocycles. The fourth-order valence-corrected chi connectivity index (χ4v) is 5.87. The molecule has 0 fully saturated rings. The van der Waals surface area contributed by atoms with Crippen molar-refractivity contribution < 1.29 is 4.74 Å². The number of nitrogens with zero attached hydrogens (tertiary/aromatic N) is 5. The molecule has 4 heterocycles. The van der Waals surface area contributed by atoms with Crippen molar-refractivity contribution in [1.82, 2.24) is 24.4 Å². The molecule has 0 unspecified atom stereocenters. The van der Waals surface area contributed by atoms with Crippen molar-refractivity contribution in [3.8, 4) is 22.7 Å². The summed E-state index contributed by atoms with van der Waals surface area (Å²) in [5.74, 6) is 1.36. The second-order valence-electron chi connectivity index (χ2n) is 9.32. The quantitative estimate of drug-likeness (QED) is 0.193. The SMILES string of the molecule is CCCCOc1ccc(-c2nn(-c3ccccc3)cc2/C=c2\sc3nc(/C=C/c4cccs4)nn3c2=O)c(C)c1. The van der Waals surface area contributed by atoms with Gasteiger partial charge in [-0.3, -0.25) is 4.79 Å². The molecule has 0 aliphatic carbocycles. The average Bonchev–Trinajstić information content (AvgIpc) is 3.76. The molecule has 0 spiro atoms. The predicted molar refractivity (Wildman–Crippen MR) is 163 cm³/mol.